The summed E-state index contributed by atoms with van der Waals surface area (Å²) in [5.74, 6) is -0.205. The van der Waals surface area contributed by atoms with Crippen LogP contribution in [0.25, 0.3) is 11.0 Å². The Bertz CT molecular complexity index is 1280. The molecule has 0 unspecified atom stereocenters. The maximum Gasteiger partial charge on any atom is 0.387 e. The van der Waals surface area contributed by atoms with Crippen LogP contribution in [0.5, 0.6) is 5.75 Å². The van der Waals surface area contributed by atoms with E-state index in [4.69, 9.17) is 16.7 Å². The molecule has 33 heavy (non-hydrogen) atoms. The lowest BCUT2D eigenvalue weighted by molar-refractivity contribution is -0.0499. The first-order valence-electron chi connectivity index (χ1n) is 10.3. The Hall–Kier alpha value is -3.77. The van der Waals surface area contributed by atoms with Crippen molar-refractivity contribution in [2.24, 2.45) is 0 Å². The molecule has 0 aliphatic heterocycles. The Morgan fingerprint density at radius 3 is 1.73 bits per heavy atom. The molecular formula is C26H18ClF2N3O. The average Bonchev–Trinajstić information content (AvgIpc) is 3.24. The highest BCUT2D eigenvalue weighted by atomic mass is 35.5. The summed E-state index contributed by atoms with van der Waals surface area (Å²) in [6.45, 7) is -3.03. The normalized spacial score (nSPS) is 11.8. The molecule has 2 heterocycles. The molecule has 0 aliphatic carbocycles. The zero-order valence-electron chi connectivity index (χ0n) is 17.3. The second kappa shape index (κ2) is 8.64. The van der Waals surface area contributed by atoms with E-state index in [1.807, 2.05) is 91.0 Å². The van der Waals surface area contributed by atoms with Crippen molar-refractivity contribution < 1.29 is 13.5 Å². The van der Waals surface area contributed by atoms with E-state index in [1.165, 1.54) is 6.07 Å². The van der Waals surface area contributed by atoms with Crippen molar-refractivity contribution in [2.45, 2.75) is 12.2 Å². The molecule has 2 aromatic heterocycles. The van der Waals surface area contributed by atoms with Crippen molar-refractivity contribution in [1.82, 2.24) is 14.8 Å². The van der Waals surface area contributed by atoms with Gasteiger partial charge in [0.15, 0.2) is 10.9 Å². The number of halogens is 3. The standard InChI is InChI=1S/C26H18ClF2N3O/c27-24-23(33-25(28)29)16-22-21(31-24)17-30-32(22)26(18-10-4-1-5-11-18,19-12-6-2-7-13-19)20-14-8-3-9-15-20/h1-17,25H. The van der Waals surface area contributed by atoms with E-state index < -0.39 is 12.2 Å². The molecule has 0 fully saturated rings. The van der Waals surface area contributed by atoms with Crippen molar-refractivity contribution in [2.75, 3.05) is 0 Å². The van der Waals surface area contributed by atoms with E-state index in [1.54, 1.807) is 10.9 Å². The predicted molar refractivity (Wildman–Crippen MR) is 124 cm³/mol. The third-order valence-electron chi connectivity index (χ3n) is 5.58. The Kier molecular flexibility index (Phi) is 5.52. The van der Waals surface area contributed by atoms with Crippen molar-refractivity contribution in [3.8, 4) is 5.75 Å². The molecule has 0 atom stereocenters. The number of ether oxygens (including phenoxy) is 1. The van der Waals surface area contributed by atoms with E-state index >= 15 is 0 Å². The van der Waals surface area contributed by atoms with Crippen LogP contribution in [-0.2, 0) is 5.54 Å². The lowest BCUT2D eigenvalue weighted by Gasteiger charge is -2.37. The molecule has 5 rings (SSSR count). The van der Waals surface area contributed by atoms with Gasteiger partial charge in [-0.15, -0.1) is 0 Å². The second-order valence-electron chi connectivity index (χ2n) is 7.43. The Labute approximate surface area is 194 Å². The quantitative estimate of drug-likeness (QED) is 0.213. The van der Waals surface area contributed by atoms with Gasteiger partial charge < -0.3 is 4.74 Å². The molecule has 0 bridgehead atoms. The molecule has 0 saturated carbocycles. The van der Waals surface area contributed by atoms with Crippen LogP contribution in [0.15, 0.2) is 103 Å². The molecule has 3 aromatic carbocycles. The number of benzene rings is 3. The monoisotopic (exact) mass is 461 g/mol. The van der Waals surface area contributed by atoms with Gasteiger partial charge in [-0.25, -0.2) is 9.67 Å². The first-order valence-corrected chi connectivity index (χ1v) is 10.6. The predicted octanol–water partition coefficient (Wildman–Crippen LogP) is 6.53. The number of hydrogen-bond donors (Lipinski definition) is 0. The van der Waals surface area contributed by atoms with Crippen molar-refractivity contribution in [3.63, 3.8) is 0 Å². The van der Waals surface area contributed by atoms with Gasteiger partial charge in [0.05, 0.1) is 11.7 Å². The van der Waals surface area contributed by atoms with Crippen molar-refractivity contribution in [1.29, 1.82) is 0 Å². The molecule has 0 radical (unpaired) electrons. The highest BCUT2D eigenvalue weighted by molar-refractivity contribution is 6.31. The van der Waals surface area contributed by atoms with Gasteiger partial charge in [0.1, 0.15) is 11.1 Å². The van der Waals surface area contributed by atoms with E-state index in [-0.39, 0.29) is 10.9 Å². The van der Waals surface area contributed by atoms with Gasteiger partial charge in [-0.2, -0.15) is 13.9 Å². The summed E-state index contributed by atoms with van der Waals surface area (Å²) in [6.07, 6.45) is 1.58. The van der Waals surface area contributed by atoms with Crippen LogP contribution < -0.4 is 4.74 Å². The fourth-order valence-corrected chi connectivity index (χ4v) is 4.46. The van der Waals surface area contributed by atoms with Crippen molar-refractivity contribution in [3.05, 3.63) is 125 Å². The van der Waals surface area contributed by atoms with E-state index in [0.29, 0.717) is 11.0 Å². The van der Waals surface area contributed by atoms with Crippen LogP contribution in [0.2, 0.25) is 5.15 Å². The summed E-state index contributed by atoms with van der Waals surface area (Å²) < 4.78 is 32.5. The first-order chi connectivity index (χ1) is 16.1. The van der Waals surface area contributed by atoms with Gasteiger partial charge >= 0.3 is 6.61 Å². The molecule has 7 heteroatoms. The van der Waals surface area contributed by atoms with Gasteiger partial charge in [0, 0.05) is 6.07 Å². The minimum atomic E-state index is -3.03. The number of fused-ring (bicyclic) bond motifs is 1. The largest absolute Gasteiger partial charge is 0.431 e. The fourth-order valence-electron chi connectivity index (χ4n) is 4.27. The van der Waals surface area contributed by atoms with Crippen LogP contribution >= 0.6 is 11.6 Å². The minimum absolute atomic E-state index is 0.146. The zero-order chi connectivity index (χ0) is 22.8. The number of nitrogens with zero attached hydrogens (tertiary/aromatic N) is 3. The average molecular weight is 462 g/mol. The summed E-state index contributed by atoms with van der Waals surface area (Å²) >= 11 is 6.12. The maximum atomic E-state index is 13.0. The molecule has 0 saturated heterocycles. The van der Waals surface area contributed by atoms with Crippen molar-refractivity contribution >= 4 is 22.6 Å². The molecule has 5 aromatic rings. The number of pyridine rings is 1. The van der Waals surface area contributed by atoms with Gasteiger partial charge in [-0.1, -0.05) is 103 Å². The Balaban J connectivity index is 1.91. The molecule has 4 nitrogen and oxygen atoms in total. The first kappa shape index (κ1) is 21.1. The Morgan fingerprint density at radius 2 is 1.27 bits per heavy atom. The number of rotatable bonds is 6. The third-order valence-corrected chi connectivity index (χ3v) is 5.86. The fraction of sp³-hybridized carbons (Fsp3) is 0.0769. The molecule has 164 valence electrons. The summed E-state index contributed by atoms with van der Waals surface area (Å²) in [7, 11) is 0. The Morgan fingerprint density at radius 1 is 0.788 bits per heavy atom. The summed E-state index contributed by atoms with van der Waals surface area (Å²) in [6, 6.07) is 31.2. The minimum Gasteiger partial charge on any atom is -0.431 e. The SMILES string of the molecule is FC(F)Oc1cc2c(cnn2C(c2ccccc2)(c2ccccc2)c2ccccc2)nc1Cl. The number of hydrogen-bond acceptors (Lipinski definition) is 3. The summed E-state index contributed by atoms with van der Waals surface area (Å²) in [5.41, 5.74) is 2.89. The maximum absolute atomic E-state index is 13.0. The van der Waals surface area contributed by atoms with Gasteiger partial charge in [-0.3, -0.25) is 0 Å². The lowest BCUT2D eigenvalue weighted by Crippen LogP contribution is -2.38. The molecular weight excluding hydrogens is 444 g/mol. The van der Waals surface area contributed by atoms with Crippen LogP contribution in [0, 0.1) is 0 Å². The summed E-state index contributed by atoms with van der Waals surface area (Å²) in [4.78, 5) is 4.27. The van der Waals surface area contributed by atoms with Gasteiger partial charge in [0.25, 0.3) is 0 Å². The third kappa shape index (κ3) is 3.62. The second-order valence-corrected chi connectivity index (χ2v) is 7.78. The van der Waals surface area contributed by atoms with E-state index in [9.17, 15) is 8.78 Å². The van der Waals surface area contributed by atoms with Gasteiger partial charge in [-0.05, 0) is 16.7 Å². The smallest absolute Gasteiger partial charge is 0.387 e. The summed E-state index contributed by atoms with van der Waals surface area (Å²) in [5, 5.41) is 4.56. The number of aromatic nitrogens is 3. The van der Waals surface area contributed by atoms with E-state index in [2.05, 4.69) is 9.72 Å². The molecule has 0 amide bonds. The lowest BCUT2D eigenvalue weighted by atomic mass is 9.77. The van der Waals surface area contributed by atoms with E-state index in [0.717, 1.165) is 16.7 Å². The molecule has 0 N–H and O–H groups in total. The highest BCUT2D eigenvalue weighted by Gasteiger charge is 2.40. The molecule has 0 aliphatic rings. The van der Waals surface area contributed by atoms with Gasteiger partial charge in [0.2, 0.25) is 0 Å². The highest BCUT2D eigenvalue weighted by Crippen LogP contribution is 2.42. The van der Waals surface area contributed by atoms with Crippen LogP contribution in [0.1, 0.15) is 16.7 Å². The topological polar surface area (TPSA) is 39.9 Å². The number of alkyl halides is 2. The van der Waals surface area contributed by atoms with Crippen LogP contribution in [-0.4, -0.2) is 21.4 Å². The van der Waals surface area contributed by atoms with Crippen LogP contribution in [0.3, 0.4) is 0 Å². The molecule has 0 spiro atoms. The zero-order valence-corrected chi connectivity index (χ0v) is 18.0. The van der Waals surface area contributed by atoms with Crippen LogP contribution in [0.4, 0.5) is 8.78 Å².